The fourth-order valence-corrected chi connectivity index (χ4v) is 0. The largest absolute Gasteiger partial charge is 1.00 e. The van der Waals surface area contributed by atoms with Gasteiger partial charge in [-0.05, 0) is 0 Å². The molecule has 0 bridgehead atoms. The van der Waals surface area contributed by atoms with Gasteiger partial charge in [0.25, 0.3) is 0 Å². The summed E-state index contributed by atoms with van der Waals surface area (Å²) < 4.78 is 0. The van der Waals surface area contributed by atoms with Gasteiger partial charge in [-0.3, -0.25) is 0 Å². The molecule has 0 aromatic carbocycles. The third kappa shape index (κ3) is 9.13. The average Bonchev–Trinajstić information content (AvgIpc) is 0. The Morgan fingerprint density at radius 3 is 0.750 bits per heavy atom. The van der Waals surface area contributed by atoms with E-state index in [1.54, 1.807) is 0 Å². The van der Waals surface area contributed by atoms with Gasteiger partial charge in [0.2, 0.25) is 0 Å². The van der Waals surface area contributed by atoms with Gasteiger partial charge in [0.15, 0.2) is 0 Å². The minimum Gasteiger partial charge on any atom is -0.693 e. The minimum atomic E-state index is 0. The van der Waals surface area contributed by atoms with Crippen LogP contribution in [0.3, 0.4) is 0 Å². The summed E-state index contributed by atoms with van der Waals surface area (Å²) >= 11 is 0. The molecular weight excluding hydrogens is 197 g/mol. The summed E-state index contributed by atoms with van der Waals surface area (Å²) in [6.07, 6.45) is 0. The van der Waals surface area contributed by atoms with Crippen molar-refractivity contribution in [3.05, 3.63) is 13.6 Å². The molecule has 0 saturated heterocycles. The zero-order chi connectivity index (χ0) is 0. The first-order valence-electron chi connectivity index (χ1n) is 0. The predicted octanol–water partition coefficient (Wildman–Crippen LogP) is -4.82. The standard InChI is InChI=1S/CH3.H2N.2Rb/h1H3;1H2;;/q2*-1;2*+1. The van der Waals surface area contributed by atoms with Crippen molar-refractivity contribution in [3.63, 3.8) is 0 Å². The van der Waals surface area contributed by atoms with E-state index >= 15 is 0 Å². The van der Waals surface area contributed by atoms with Crippen LogP contribution in [-0.2, 0) is 0 Å². The molecule has 0 aliphatic rings. The van der Waals surface area contributed by atoms with Crippen LogP contribution in [0.4, 0.5) is 0 Å². The minimum absolute atomic E-state index is 0. The molecule has 4 heavy (non-hydrogen) atoms. The van der Waals surface area contributed by atoms with Crippen LogP contribution in [-0.4, -0.2) is 0 Å². The second-order valence-corrected chi connectivity index (χ2v) is 0. The van der Waals surface area contributed by atoms with Gasteiger partial charge in [0, 0.05) is 0 Å². The normalized spacial score (nSPS) is 0. The fourth-order valence-electron chi connectivity index (χ4n) is 0. The van der Waals surface area contributed by atoms with Crippen LogP contribution in [0.5, 0.6) is 0 Å². The molecule has 16 valence electrons. The molecule has 0 aliphatic heterocycles. The van der Waals surface area contributed by atoms with Crippen LogP contribution in [0, 0.1) is 7.43 Å². The second-order valence-electron chi connectivity index (χ2n) is 0. The Morgan fingerprint density at radius 2 is 0.750 bits per heavy atom. The smallest absolute Gasteiger partial charge is 0.693 e. The van der Waals surface area contributed by atoms with E-state index in [1.165, 1.54) is 0 Å². The number of hydrogen-bond acceptors (Lipinski definition) is 0. The van der Waals surface area contributed by atoms with Gasteiger partial charge >= 0.3 is 116 Å². The van der Waals surface area contributed by atoms with Gasteiger partial charge in [-0.25, -0.2) is 0 Å². The molecule has 0 spiro atoms. The molecule has 0 heterocycles. The summed E-state index contributed by atoms with van der Waals surface area (Å²) in [7, 11) is 0. The summed E-state index contributed by atoms with van der Waals surface area (Å²) in [6.45, 7) is 0. The van der Waals surface area contributed by atoms with E-state index in [1.807, 2.05) is 0 Å². The van der Waals surface area contributed by atoms with E-state index < -0.39 is 0 Å². The Balaban J connectivity index is 0. The molecule has 1 nitrogen and oxygen atoms in total. The van der Waals surface area contributed by atoms with Crippen molar-refractivity contribution in [2.45, 2.75) is 0 Å². The molecule has 0 amide bonds. The zero-order valence-corrected chi connectivity index (χ0v) is 13.4. The average molecular weight is 202 g/mol. The Hall–Kier alpha value is 3.57. The second kappa shape index (κ2) is 16.0. The molecule has 0 unspecified atom stereocenters. The van der Waals surface area contributed by atoms with Crippen molar-refractivity contribution in [3.8, 4) is 0 Å². The van der Waals surface area contributed by atoms with E-state index in [0.29, 0.717) is 0 Å². The zero-order valence-electron chi connectivity index (χ0n) is 3.58. The van der Waals surface area contributed by atoms with Crippen LogP contribution in [0.15, 0.2) is 0 Å². The van der Waals surface area contributed by atoms with Gasteiger partial charge < -0.3 is 13.6 Å². The third-order valence-corrected chi connectivity index (χ3v) is 0. The molecule has 0 fully saturated rings. The number of rotatable bonds is 0. The van der Waals surface area contributed by atoms with Crippen molar-refractivity contribution >= 4 is 0 Å². The van der Waals surface area contributed by atoms with Crippen LogP contribution in [0.1, 0.15) is 0 Å². The summed E-state index contributed by atoms with van der Waals surface area (Å²) in [5, 5.41) is 0. The molecule has 0 rings (SSSR count). The van der Waals surface area contributed by atoms with Gasteiger partial charge in [0.05, 0.1) is 0 Å². The van der Waals surface area contributed by atoms with Crippen LogP contribution in [0.2, 0.25) is 0 Å². The van der Waals surface area contributed by atoms with Crippen LogP contribution >= 0.6 is 0 Å². The number of hydrogen-bond donors (Lipinski definition) is 0. The third-order valence-electron chi connectivity index (χ3n) is 0. The molecule has 0 radical (unpaired) electrons. The maximum atomic E-state index is 0. The maximum absolute atomic E-state index is 0. The molecule has 0 aliphatic carbocycles. The topological polar surface area (TPSA) is 33.5 Å². The molecular formula is CH5NRb2. The fraction of sp³-hybridized carbons (Fsp3) is 0. The van der Waals surface area contributed by atoms with Crippen molar-refractivity contribution in [2.24, 2.45) is 0 Å². The molecule has 0 aromatic rings. The first kappa shape index (κ1) is 25.6. The van der Waals surface area contributed by atoms with Gasteiger partial charge in [-0.2, -0.15) is 0 Å². The Morgan fingerprint density at radius 1 is 0.750 bits per heavy atom. The van der Waals surface area contributed by atoms with Crippen LogP contribution in [0.25, 0.3) is 6.15 Å². The molecule has 3 heteroatoms. The van der Waals surface area contributed by atoms with Crippen molar-refractivity contribution < 1.29 is 116 Å². The summed E-state index contributed by atoms with van der Waals surface area (Å²) in [5.74, 6) is 0. The molecule has 0 atom stereocenters. The summed E-state index contributed by atoms with van der Waals surface area (Å²) in [6, 6.07) is 0. The first-order chi connectivity index (χ1) is 0. The summed E-state index contributed by atoms with van der Waals surface area (Å²) in [5.41, 5.74) is 0. The Labute approximate surface area is 125 Å². The van der Waals surface area contributed by atoms with Crippen molar-refractivity contribution in [1.82, 2.24) is 0 Å². The maximum Gasteiger partial charge on any atom is 1.00 e. The number of nitrogens with two attached hydrogens (primary N) is 1. The van der Waals surface area contributed by atoms with Gasteiger partial charge in [-0.15, -0.1) is 0 Å². The van der Waals surface area contributed by atoms with E-state index in [-0.39, 0.29) is 130 Å². The van der Waals surface area contributed by atoms with Crippen LogP contribution < -0.4 is 116 Å². The molecule has 0 saturated carbocycles. The van der Waals surface area contributed by atoms with E-state index in [4.69, 9.17) is 0 Å². The first-order valence-corrected chi connectivity index (χ1v) is 0. The Bertz CT molecular complexity index is 6.00. The summed E-state index contributed by atoms with van der Waals surface area (Å²) in [4.78, 5) is 0. The van der Waals surface area contributed by atoms with Gasteiger partial charge in [0.1, 0.15) is 0 Å². The predicted molar refractivity (Wildman–Crippen MR) is 11.7 cm³/mol. The van der Waals surface area contributed by atoms with Gasteiger partial charge in [-0.1, -0.05) is 0 Å². The molecule has 2 N–H and O–H groups in total. The SMILES string of the molecule is [CH3-].[NH2-].[Rb+].[Rb+]. The van der Waals surface area contributed by atoms with E-state index in [9.17, 15) is 0 Å². The van der Waals surface area contributed by atoms with Crippen molar-refractivity contribution in [1.29, 1.82) is 0 Å². The monoisotopic (exact) mass is 201 g/mol. The van der Waals surface area contributed by atoms with E-state index in [2.05, 4.69) is 0 Å². The van der Waals surface area contributed by atoms with E-state index in [0.717, 1.165) is 0 Å². The Kier molecular flexibility index (Phi) is 103. The van der Waals surface area contributed by atoms with Crippen molar-refractivity contribution in [2.75, 3.05) is 0 Å². The molecule has 0 aromatic heterocycles. The quantitative estimate of drug-likeness (QED) is 0.353.